The van der Waals surface area contributed by atoms with Crippen LogP contribution in [0.1, 0.15) is 0 Å². The summed E-state index contributed by atoms with van der Waals surface area (Å²) in [5.74, 6) is 0. The van der Waals surface area contributed by atoms with E-state index >= 15 is 0 Å². The van der Waals surface area contributed by atoms with E-state index < -0.39 is 0 Å². The third-order valence-corrected chi connectivity index (χ3v) is 11.4. The quantitative estimate of drug-likeness (QED) is 0.162. The average molecular weight is 698 g/mol. The van der Waals surface area contributed by atoms with Crippen LogP contribution in [0.15, 0.2) is 212 Å². The van der Waals surface area contributed by atoms with Crippen molar-refractivity contribution in [3.8, 4) is 22.3 Å². The van der Waals surface area contributed by atoms with Crippen molar-refractivity contribution in [1.82, 2.24) is 0 Å². The van der Waals surface area contributed by atoms with Crippen LogP contribution >= 0.6 is 0 Å². The van der Waals surface area contributed by atoms with Crippen LogP contribution in [0.25, 0.3) is 86.9 Å². The molecule has 0 aliphatic heterocycles. The molecule has 0 N–H and O–H groups in total. The summed E-state index contributed by atoms with van der Waals surface area (Å²) in [6.45, 7) is 0. The monoisotopic (exact) mass is 697 g/mol. The second-order valence-corrected chi connectivity index (χ2v) is 14.5. The first-order valence-corrected chi connectivity index (χ1v) is 19.0. The largest absolute Gasteiger partial charge is 0.310 e. The maximum absolute atomic E-state index is 2.40. The minimum Gasteiger partial charge on any atom is -0.310 e. The molecule has 55 heavy (non-hydrogen) atoms. The standard InChI is InChI=1S/C54H35N/c1-4-14-47-37(9-1)19-21-42-33-40(26-30-51(42)47)36-23-27-44(28-24-36)55(46-29-32-52-43(35-46)22-20-38-10-2-5-15-48(38)52)45-13-7-12-41(34-45)50-17-8-18-53-49-16-6-3-11-39(49)25-31-54(50)53/h1-35H. The van der Waals surface area contributed by atoms with E-state index in [2.05, 4.69) is 217 Å². The molecule has 0 aliphatic carbocycles. The Balaban J connectivity index is 1.04. The highest BCUT2D eigenvalue weighted by Gasteiger charge is 2.16. The van der Waals surface area contributed by atoms with E-state index in [1.807, 2.05) is 0 Å². The molecule has 1 heteroatoms. The first kappa shape index (κ1) is 31.3. The van der Waals surface area contributed by atoms with Gasteiger partial charge in [0.1, 0.15) is 0 Å². The fourth-order valence-electron chi connectivity index (χ4n) is 8.69. The predicted molar refractivity (Wildman–Crippen MR) is 237 cm³/mol. The highest BCUT2D eigenvalue weighted by molar-refractivity contribution is 6.13. The van der Waals surface area contributed by atoms with E-state index in [-0.39, 0.29) is 0 Å². The third-order valence-electron chi connectivity index (χ3n) is 11.4. The predicted octanol–water partition coefficient (Wildman–Crippen LogP) is 15.4. The smallest absolute Gasteiger partial charge is 0.0468 e. The zero-order chi connectivity index (χ0) is 36.3. The van der Waals surface area contributed by atoms with Gasteiger partial charge in [-0.05, 0) is 129 Å². The Morgan fingerprint density at radius 2 is 0.691 bits per heavy atom. The second-order valence-electron chi connectivity index (χ2n) is 14.5. The van der Waals surface area contributed by atoms with Crippen LogP contribution in [-0.4, -0.2) is 0 Å². The molecule has 1 nitrogen and oxygen atoms in total. The van der Waals surface area contributed by atoms with Crippen molar-refractivity contribution in [3.05, 3.63) is 212 Å². The van der Waals surface area contributed by atoms with Gasteiger partial charge in [-0.3, -0.25) is 0 Å². The van der Waals surface area contributed by atoms with Crippen LogP contribution in [0.2, 0.25) is 0 Å². The van der Waals surface area contributed by atoms with Gasteiger partial charge in [-0.15, -0.1) is 0 Å². The van der Waals surface area contributed by atoms with Crippen molar-refractivity contribution < 1.29 is 0 Å². The Bertz CT molecular complexity index is 3260. The number of rotatable bonds is 5. The Morgan fingerprint density at radius 3 is 1.40 bits per heavy atom. The molecule has 0 aliphatic rings. The first-order chi connectivity index (χ1) is 27.2. The van der Waals surface area contributed by atoms with Crippen LogP contribution in [0.4, 0.5) is 17.1 Å². The molecule has 11 aromatic carbocycles. The molecule has 0 heterocycles. The van der Waals surface area contributed by atoms with Gasteiger partial charge < -0.3 is 4.90 Å². The van der Waals surface area contributed by atoms with Gasteiger partial charge in [0.05, 0.1) is 0 Å². The maximum Gasteiger partial charge on any atom is 0.0468 e. The molecule has 0 amide bonds. The summed E-state index contributed by atoms with van der Waals surface area (Å²) >= 11 is 0. The molecule has 0 saturated carbocycles. The summed E-state index contributed by atoms with van der Waals surface area (Å²) in [7, 11) is 0. The molecular weight excluding hydrogens is 663 g/mol. The maximum atomic E-state index is 2.40. The van der Waals surface area contributed by atoms with E-state index in [1.165, 1.54) is 86.9 Å². The lowest BCUT2D eigenvalue weighted by Crippen LogP contribution is -2.10. The summed E-state index contributed by atoms with van der Waals surface area (Å²) in [6.07, 6.45) is 0. The number of anilines is 3. The molecule has 0 fully saturated rings. The molecule has 0 aromatic heterocycles. The van der Waals surface area contributed by atoms with E-state index in [9.17, 15) is 0 Å². The second kappa shape index (κ2) is 12.7. The van der Waals surface area contributed by atoms with Gasteiger partial charge in [-0.25, -0.2) is 0 Å². The number of fused-ring (bicyclic) bond motifs is 9. The molecule has 0 saturated heterocycles. The highest BCUT2D eigenvalue weighted by Crippen LogP contribution is 2.41. The Labute approximate surface area is 320 Å². The summed E-state index contributed by atoms with van der Waals surface area (Å²) in [4.78, 5) is 2.40. The van der Waals surface area contributed by atoms with Crippen LogP contribution in [-0.2, 0) is 0 Å². The molecule has 256 valence electrons. The molecule has 0 unspecified atom stereocenters. The zero-order valence-electron chi connectivity index (χ0n) is 30.2. The van der Waals surface area contributed by atoms with Gasteiger partial charge in [0, 0.05) is 17.1 Å². The van der Waals surface area contributed by atoms with Crippen molar-refractivity contribution in [2.24, 2.45) is 0 Å². The average Bonchev–Trinajstić information content (AvgIpc) is 3.26. The molecule has 11 rings (SSSR count). The van der Waals surface area contributed by atoms with Gasteiger partial charge >= 0.3 is 0 Å². The summed E-state index contributed by atoms with van der Waals surface area (Å²) in [6, 6.07) is 77.9. The lowest BCUT2D eigenvalue weighted by atomic mass is 9.94. The summed E-state index contributed by atoms with van der Waals surface area (Å²) in [5, 5.41) is 15.2. The fourth-order valence-corrected chi connectivity index (χ4v) is 8.69. The fraction of sp³-hybridized carbons (Fsp3) is 0. The molecule has 0 radical (unpaired) electrons. The van der Waals surface area contributed by atoms with Gasteiger partial charge in [0.2, 0.25) is 0 Å². The summed E-state index contributed by atoms with van der Waals surface area (Å²) < 4.78 is 0. The van der Waals surface area contributed by atoms with Gasteiger partial charge in [0.15, 0.2) is 0 Å². The van der Waals surface area contributed by atoms with Crippen molar-refractivity contribution in [2.75, 3.05) is 4.90 Å². The number of hydrogen-bond donors (Lipinski definition) is 0. The first-order valence-electron chi connectivity index (χ1n) is 19.0. The molecular formula is C54H35N. The lowest BCUT2D eigenvalue weighted by Gasteiger charge is -2.27. The van der Waals surface area contributed by atoms with Crippen LogP contribution in [0, 0.1) is 0 Å². The highest BCUT2D eigenvalue weighted by atomic mass is 15.1. The number of nitrogens with zero attached hydrogens (tertiary/aromatic N) is 1. The third kappa shape index (κ3) is 5.32. The van der Waals surface area contributed by atoms with Gasteiger partial charge in [-0.1, -0.05) is 170 Å². The van der Waals surface area contributed by atoms with Crippen LogP contribution in [0.3, 0.4) is 0 Å². The Kier molecular flexibility index (Phi) is 7.25. The minimum absolute atomic E-state index is 1.11. The minimum atomic E-state index is 1.11. The van der Waals surface area contributed by atoms with Crippen LogP contribution < -0.4 is 4.90 Å². The van der Waals surface area contributed by atoms with Crippen molar-refractivity contribution in [3.63, 3.8) is 0 Å². The molecule has 0 spiro atoms. The molecule has 0 atom stereocenters. The van der Waals surface area contributed by atoms with E-state index in [1.54, 1.807) is 0 Å². The SMILES string of the molecule is c1cc(-c2cccc3c2ccc2ccccc23)cc(N(c2ccc(-c3ccc4c(ccc5ccccc54)c3)cc2)c2ccc3c(ccc4ccccc43)c2)c1. The van der Waals surface area contributed by atoms with Crippen molar-refractivity contribution >= 4 is 81.7 Å². The van der Waals surface area contributed by atoms with Crippen molar-refractivity contribution in [1.29, 1.82) is 0 Å². The van der Waals surface area contributed by atoms with E-state index in [0.717, 1.165) is 17.1 Å². The number of hydrogen-bond acceptors (Lipinski definition) is 1. The zero-order valence-corrected chi connectivity index (χ0v) is 30.2. The van der Waals surface area contributed by atoms with E-state index in [0.29, 0.717) is 0 Å². The van der Waals surface area contributed by atoms with Crippen LogP contribution in [0.5, 0.6) is 0 Å². The molecule has 0 bridgehead atoms. The topological polar surface area (TPSA) is 3.24 Å². The van der Waals surface area contributed by atoms with E-state index in [4.69, 9.17) is 0 Å². The normalized spacial score (nSPS) is 11.6. The van der Waals surface area contributed by atoms with Gasteiger partial charge in [-0.2, -0.15) is 0 Å². The molecule has 11 aromatic rings. The van der Waals surface area contributed by atoms with Crippen molar-refractivity contribution in [2.45, 2.75) is 0 Å². The summed E-state index contributed by atoms with van der Waals surface area (Å²) in [5.41, 5.74) is 8.17. The number of benzene rings is 11. The lowest BCUT2D eigenvalue weighted by molar-refractivity contribution is 1.29. The van der Waals surface area contributed by atoms with Gasteiger partial charge in [0.25, 0.3) is 0 Å². The Morgan fingerprint density at radius 1 is 0.218 bits per heavy atom. The Hall–Kier alpha value is -7.22.